The average Bonchev–Trinajstić information content (AvgIpc) is 2.11. The van der Waals surface area contributed by atoms with Gasteiger partial charge in [0.25, 0.3) is 0 Å². The van der Waals surface area contributed by atoms with E-state index in [9.17, 15) is 22.0 Å². The van der Waals surface area contributed by atoms with Crippen molar-refractivity contribution in [1.29, 1.82) is 0 Å². The van der Waals surface area contributed by atoms with Crippen LogP contribution in [0.25, 0.3) is 0 Å². The zero-order valence-corrected chi connectivity index (χ0v) is 11.1. The van der Waals surface area contributed by atoms with Gasteiger partial charge in [-0.1, -0.05) is 13.8 Å². The van der Waals surface area contributed by atoms with Gasteiger partial charge in [0.2, 0.25) is 0 Å². The second-order valence-corrected chi connectivity index (χ2v) is 4.56. The van der Waals surface area contributed by atoms with Gasteiger partial charge in [0.05, 0.1) is 0 Å². The van der Waals surface area contributed by atoms with Gasteiger partial charge in [-0.15, -0.1) is 0 Å². The monoisotopic (exact) mass is 357 g/mol. The molecule has 0 aliphatic heterocycles. The fourth-order valence-corrected chi connectivity index (χ4v) is 1.86. The van der Waals surface area contributed by atoms with E-state index in [1.54, 1.807) is 4.90 Å². The smallest absolute Gasteiger partial charge is 0.299 e. The highest BCUT2D eigenvalue weighted by Crippen LogP contribution is 2.37. The summed E-state index contributed by atoms with van der Waals surface area (Å²) in [4.78, 5) is 1.75. The van der Waals surface area contributed by atoms with Crippen LogP contribution in [-0.2, 0) is 0 Å². The van der Waals surface area contributed by atoms with E-state index >= 15 is 0 Å². The third kappa shape index (κ3) is 4.94. The minimum Gasteiger partial charge on any atom is -0.299 e. The molecule has 0 rings (SSSR count). The number of alkyl halides is 5. The number of hydrogen-bond donors (Lipinski definition) is 0. The first kappa shape index (κ1) is 16.1. The van der Waals surface area contributed by atoms with Gasteiger partial charge in [0, 0.05) is 16.2 Å². The molecule has 0 saturated carbocycles. The molecule has 0 amide bonds. The van der Waals surface area contributed by atoms with Crippen molar-refractivity contribution in [3.05, 3.63) is 9.66 Å². The quantitative estimate of drug-likeness (QED) is 0.534. The standard InChI is InChI=1S/C9H13F5IN/c1-3-16(4-2)6-7(15)5-8(10,11)9(12,13)14/h5H,3-4,6H2,1-2H3/b7-5+. The molecule has 0 radical (unpaired) electrons. The summed E-state index contributed by atoms with van der Waals surface area (Å²) >= 11 is 1.51. The second kappa shape index (κ2) is 6.13. The van der Waals surface area contributed by atoms with Crippen LogP contribution in [0.15, 0.2) is 9.66 Å². The minimum absolute atomic E-state index is 0.0105. The Morgan fingerprint density at radius 2 is 1.56 bits per heavy atom. The normalized spacial score (nSPS) is 14.7. The summed E-state index contributed by atoms with van der Waals surface area (Å²) in [6.07, 6.45) is -5.54. The van der Waals surface area contributed by atoms with Gasteiger partial charge >= 0.3 is 12.1 Å². The number of likely N-dealkylation sites (N-methyl/N-ethyl adjacent to an activating group) is 1. The Balaban J connectivity index is 4.65. The number of nitrogens with zero attached hydrogens (tertiary/aromatic N) is 1. The van der Waals surface area contributed by atoms with Gasteiger partial charge < -0.3 is 0 Å². The summed E-state index contributed by atoms with van der Waals surface area (Å²) in [7, 11) is 0. The largest absolute Gasteiger partial charge is 0.457 e. The van der Waals surface area contributed by atoms with Crippen LogP contribution in [0.3, 0.4) is 0 Å². The summed E-state index contributed by atoms with van der Waals surface area (Å²) in [5.41, 5.74) is 0. The lowest BCUT2D eigenvalue weighted by atomic mass is 10.3. The van der Waals surface area contributed by atoms with Gasteiger partial charge in [0.15, 0.2) is 0 Å². The van der Waals surface area contributed by atoms with Crippen LogP contribution in [0, 0.1) is 0 Å². The molecular weight excluding hydrogens is 344 g/mol. The number of rotatable bonds is 5. The summed E-state index contributed by atoms with van der Waals surface area (Å²) in [5, 5.41) is 0. The highest BCUT2D eigenvalue weighted by molar-refractivity contribution is 14.1. The van der Waals surface area contributed by atoms with Gasteiger partial charge in [-0.25, -0.2) is 0 Å². The van der Waals surface area contributed by atoms with Crippen molar-refractivity contribution in [2.45, 2.75) is 25.9 Å². The van der Waals surface area contributed by atoms with E-state index in [0.29, 0.717) is 13.1 Å². The predicted molar refractivity (Wildman–Crippen MR) is 60.9 cm³/mol. The Bertz CT molecular complexity index is 245. The molecule has 0 aliphatic carbocycles. The number of hydrogen-bond acceptors (Lipinski definition) is 1. The lowest BCUT2D eigenvalue weighted by Crippen LogP contribution is -2.35. The molecule has 0 bridgehead atoms. The van der Waals surface area contributed by atoms with Crippen molar-refractivity contribution in [2.75, 3.05) is 19.6 Å². The molecule has 7 heteroatoms. The summed E-state index contributed by atoms with van der Waals surface area (Å²) in [5.74, 6) is -4.75. The van der Waals surface area contributed by atoms with Crippen LogP contribution >= 0.6 is 22.6 Å². The third-order valence-electron chi connectivity index (χ3n) is 1.98. The molecule has 0 aromatic rings. The zero-order chi connectivity index (χ0) is 13.0. The van der Waals surface area contributed by atoms with Crippen molar-refractivity contribution in [3.8, 4) is 0 Å². The van der Waals surface area contributed by atoms with E-state index in [1.165, 1.54) is 22.6 Å². The molecular formula is C9H13F5IN. The minimum atomic E-state index is -5.52. The molecule has 0 heterocycles. The molecule has 0 saturated heterocycles. The van der Waals surface area contributed by atoms with Crippen molar-refractivity contribution < 1.29 is 22.0 Å². The molecule has 0 aromatic carbocycles. The Kier molecular flexibility index (Phi) is 6.16. The van der Waals surface area contributed by atoms with E-state index < -0.39 is 12.1 Å². The Hall–Kier alpha value is 0.0800. The molecule has 0 aliphatic rings. The third-order valence-corrected chi connectivity index (χ3v) is 2.64. The van der Waals surface area contributed by atoms with Crippen LogP contribution in [0.2, 0.25) is 0 Å². The van der Waals surface area contributed by atoms with E-state index in [0.717, 1.165) is 0 Å². The van der Waals surface area contributed by atoms with Crippen LogP contribution in [0.5, 0.6) is 0 Å². The molecule has 96 valence electrons. The topological polar surface area (TPSA) is 3.24 Å². The molecule has 16 heavy (non-hydrogen) atoms. The molecule has 0 unspecified atom stereocenters. The van der Waals surface area contributed by atoms with E-state index in [1.807, 2.05) is 13.8 Å². The highest BCUT2D eigenvalue weighted by atomic mass is 127. The molecule has 0 atom stereocenters. The van der Waals surface area contributed by atoms with Crippen molar-refractivity contribution in [3.63, 3.8) is 0 Å². The lowest BCUT2D eigenvalue weighted by Gasteiger charge is -2.20. The number of halogens is 6. The highest BCUT2D eigenvalue weighted by Gasteiger charge is 2.55. The first-order valence-electron chi connectivity index (χ1n) is 4.68. The van der Waals surface area contributed by atoms with Crippen LogP contribution in [-0.4, -0.2) is 36.6 Å². The van der Waals surface area contributed by atoms with Gasteiger partial charge in [-0.2, -0.15) is 22.0 Å². The average molecular weight is 357 g/mol. The first-order chi connectivity index (χ1) is 7.14. The number of allylic oxidation sites excluding steroid dienone is 1. The van der Waals surface area contributed by atoms with Crippen LogP contribution in [0.4, 0.5) is 22.0 Å². The van der Waals surface area contributed by atoms with E-state index in [2.05, 4.69) is 0 Å². The zero-order valence-electron chi connectivity index (χ0n) is 8.91. The Labute approximate surface area is 105 Å². The van der Waals surface area contributed by atoms with Crippen molar-refractivity contribution in [2.24, 2.45) is 0 Å². The molecule has 0 aromatic heterocycles. The maximum atomic E-state index is 12.6. The van der Waals surface area contributed by atoms with Gasteiger partial charge in [0.1, 0.15) is 0 Å². The molecule has 0 fully saturated rings. The van der Waals surface area contributed by atoms with Crippen LogP contribution < -0.4 is 0 Å². The lowest BCUT2D eigenvalue weighted by molar-refractivity contribution is -0.259. The summed E-state index contributed by atoms with van der Waals surface area (Å²) in [6.45, 7) is 4.95. The molecule has 0 N–H and O–H groups in total. The summed E-state index contributed by atoms with van der Waals surface area (Å²) in [6, 6.07) is 0. The Morgan fingerprint density at radius 1 is 1.12 bits per heavy atom. The molecule has 1 nitrogen and oxygen atoms in total. The van der Waals surface area contributed by atoms with Crippen LogP contribution in [0.1, 0.15) is 13.8 Å². The van der Waals surface area contributed by atoms with Gasteiger partial charge in [-0.3, -0.25) is 4.90 Å². The summed E-state index contributed by atoms with van der Waals surface area (Å²) < 4.78 is 60.9. The maximum Gasteiger partial charge on any atom is 0.457 e. The second-order valence-electron chi connectivity index (χ2n) is 3.17. The SMILES string of the molecule is CCN(CC)C/C(I)=C\C(F)(F)C(F)(F)F. The Morgan fingerprint density at radius 3 is 1.88 bits per heavy atom. The fourth-order valence-electron chi connectivity index (χ4n) is 0.985. The van der Waals surface area contributed by atoms with Crippen molar-refractivity contribution in [1.82, 2.24) is 4.90 Å². The fraction of sp³-hybridized carbons (Fsp3) is 0.778. The molecule has 0 spiro atoms. The first-order valence-corrected chi connectivity index (χ1v) is 5.76. The van der Waals surface area contributed by atoms with Gasteiger partial charge in [-0.05, 0) is 35.7 Å². The van der Waals surface area contributed by atoms with Crippen molar-refractivity contribution >= 4 is 22.6 Å². The van der Waals surface area contributed by atoms with E-state index in [-0.39, 0.29) is 16.2 Å². The van der Waals surface area contributed by atoms with E-state index in [4.69, 9.17) is 0 Å². The predicted octanol–water partition coefficient (Wildman–Crippen LogP) is 3.84. The maximum absolute atomic E-state index is 12.6.